The van der Waals surface area contributed by atoms with Gasteiger partial charge in [-0.1, -0.05) is 18.0 Å². The van der Waals surface area contributed by atoms with Gasteiger partial charge in [-0.15, -0.1) is 0 Å². The number of aromatic nitrogens is 2. The molecule has 1 aliphatic heterocycles. The third-order valence-electron chi connectivity index (χ3n) is 3.92. The number of hydrogen-bond acceptors (Lipinski definition) is 7. The van der Waals surface area contributed by atoms with Crippen molar-refractivity contribution in [1.82, 2.24) is 15.0 Å². The minimum atomic E-state index is -0.543. The van der Waals surface area contributed by atoms with Gasteiger partial charge in [-0.2, -0.15) is 4.98 Å². The van der Waals surface area contributed by atoms with Gasteiger partial charge in [0, 0.05) is 12.6 Å². The Morgan fingerprint density at radius 1 is 1.35 bits per heavy atom. The monoisotopic (exact) mass is 319 g/mol. The molecule has 1 atom stereocenters. The summed E-state index contributed by atoms with van der Waals surface area (Å²) in [5.74, 6) is -0.254. The number of hydrogen-bond donors (Lipinski definition) is 0. The normalized spacial score (nSPS) is 18.5. The molecule has 1 amide bonds. The molecule has 23 heavy (non-hydrogen) atoms. The molecule has 3 heterocycles. The Labute approximate surface area is 132 Å². The van der Waals surface area contributed by atoms with E-state index in [9.17, 15) is 9.59 Å². The van der Waals surface area contributed by atoms with Gasteiger partial charge in [-0.25, -0.2) is 4.79 Å². The van der Waals surface area contributed by atoms with Gasteiger partial charge in [-0.05, 0) is 12.8 Å². The predicted octanol–water partition coefficient (Wildman–Crippen LogP) is 2.21. The lowest BCUT2D eigenvalue weighted by Gasteiger charge is -2.26. The van der Waals surface area contributed by atoms with Gasteiger partial charge in [0.2, 0.25) is 6.39 Å². The summed E-state index contributed by atoms with van der Waals surface area (Å²) in [5.41, 5.74) is 0.210. The summed E-state index contributed by atoms with van der Waals surface area (Å²) in [7, 11) is 1.28. The molecule has 0 spiro atoms. The number of ether oxygens (including phenoxy) is 1. The van der Waals surface area contributed by atoms with Gasteiger partial charge in [-0.3, -0.25) is 4.79 Å². The van der Waals surface area contributed by atoms with E-state index in [0.29, 0.717) is 12.4 Å². The molecule has 0 radical (unpaired) electrons. The molecule has 8 heteroatoms. The lowest BCUT2D eigenvalue weighted by molar-refractivity contribution is 0.0598. The largest absolute Gasteiger partial charge is 0.465 e. The number of carbonyl (C=O) groups is 2. The van der Waals surface area contributed by atoms with Crippen LogP contribution in [0.2, 0.25) is 0 Å². The fraction of sp³-hybridized carbons (Fsp3) is 0.467. The maximum Gasteiger partial charge on any atom is 0.341 e. The first-order valence-electron chi connectivity index (χ1n) is 7.45. The molecule has 3 rings (SSSR count). The molecule has 122 valence electrons. The molecular formula is C15H17N3O5. The van der Waals surface area contributed by atoms with Gasteiger partial charge in [0.15, 0.2) is 11.6 Å². The van der Waals surface area contributed by atoms with Gasteiger partial charge in [0.1, 0.15) is 6.26 Å². The Morgan fingerprint density at radius 2 is 2.22 bits per heavy atom. The predicted molar refractivity (Wildman–Crippen MR) is 76.6 cm³/mol. The van der Waals surface area contributed by atoms with Crippen molar-refractivity contribution in [3.8, 4) is 0 Å². The van der Waals surface area contributed by atoms with E-state index in [1.165, 1.54) is 25.8 Å². The Bertz CT molecular complexity index is 679. The van der Waals surface area contributed by atoms with Crippen LogP contribution in [-0.4, -0.2) is 40.6 Å². The van der Waals surface area contributed by atoms with Crippen LogP contribution >= 0.6 is 0 Å². The van der Waals surface area contributed by atoms with Crippen molar-refractivity contribution in [1.29, 1.82) is 0 Å². The lowest BCUT2D eigenvalue weighted by atomic mass is 10.1. The first-order chi connectivity index (χ1) is 11.2. The number of nitrogens with zero attached hydrogens (tertiary/aromatic N) is 3. The highest BCUT2D eigenvalue weighted by Gasteiger charge is 2.32. The molecule has 1 aliphatic rings. The lowest BCUT2D eigenvalue weighted by Crippen LogP contribution is -2.35. The third kappa shape index (κ3) is 3.10. The summed E-state index contributed by atoms with van der Waals surface area (Å²) < 4.78 is 14.7. The van der Waals surface area contributed by atoms with Gasteiger partial charge < -0.3 is 18.6 Å². The number of furan rings is 1. The smallest absolute Gasteiger partial charge is 0.341 e. The number of carbonyl (C=O) groups excluding carboxylic acids is 2. The van der Waals surface area contributed by atoms with Gasteiger partial charge in [0.05, 0.1) is 18.7 Å². The molecule has 1 fully saturated rings. The van der Waals surface area contributed by atoms with Gasteiger partial charge >= 0.3 is 5.97 Å². The number of likely N-dealkylation sites (tertiary alicyclic amines) is 1. The van der Waals surface area contributed by atoms with Crippen molar-refractivity contribution < 1.29 is 23.3 Å². The summed E-state index contributed by atoms with van der Waals surface area (Å²) in [5, 5.41) is 3.87. The molecule has 0 aromatic carbocycles. The molecule has 0 aliphatic carbocycles. The van der Waals surface area contributed by atoms with E-state index in [-0.39, 0.29) is 23.3 Å². The van der Waals surface area contributed by atoms with Crippen LogP contribution in [0.15, 0.2) is 27.7 Å². The van der Waals surface area contributed by atoms with E-state index in [1.807, 2.05) is 0 Å². The number of rotatable bonds is 3. The van der Waals surface area contributed by atoms with Crippen molar-refractivity contribution in [3.63, 3.8) is 0 Å². The summed E-state index contributed by atoms with van der Waals surface area (Å²) in [6.45, 7) is 0.576. The highest BCUT2D eigenvalue weighted by atomic mass is 16.5. The van der Waals surface area contributed by atoms with Crippen LogP contribution in [0, 0.1) is 0 Å². The average Bonchev–Trinajstić information content (AvgIpc) is 3.21. The van der Waals surface area contributed by atoms with E-state index >= 15 is 0 Å². The van der Waals surface area contributed by atoms with Crippen LogP contribution in [0.25, 0.3) is 0 Å². The van der Waals surface area contributed by atoms with E-state index in [4.69, 9.17) is 8.94 Å². The molecule has 1 saturated heterocycles. The molecular weight excluding hydrogens is 302 g/mol. The highest BCUT2D eigenvalue weighted by molar-refractivity contribution is 5.96. The van der Waals surface area contributed by atoms with E-state index in [1.54, 1.807) is 4.90 Å². The highest BCUT2D eigenvalue weighted by Crippen LogP contribution is 2.29. The number of methoxy groups -OCH3 is 1. The number of esters is 1. The second kappa shape index (κ2) is 6.64. The summed E-state index contributed by atoms with van der Waals surface area (Å²) in [6, 6.07) is 1.14. The van der Waals surface area contributed by atoms with E-state index < -0.39 is 5.97 Å². The second-order valence-corrected chi connectivity index (χ2v) is 5.34. The summed E-state index contributed by atoms with van der Waals surface area (Å²) >= 11 is 0. The van der Waals surface area contributed by atoms with Crippen molar-refractivity contribution in [2.75, 3.05) is 13.7 Å². The van der Waals surface area contributed by atoms with Crippen LogP contribution in [0.1, 0.15) is 58.5 Å². The van der Waals surface area contributed by atoms with Crippen LogP contribution in [0.5, 0.6) is 0 Å². The van der Waals surface area contributed by atoms with Crippen molar-refractivity contribution in [2.24, 2.45) is 0 Å². The Kier molecular flexibility index (Phi) is 4.40. The van der Waals surface area contributed by atoms with Crippen LogP contribution in [-0.2, 0) is 4.74 Å². The van der Waals surface area contributed by atoms with Crippen molar-refractivity contribution >= 4 is 11.9 Å². The topological polar surface area (TPSA) is 98.7 Å². The zero-order valence-electron chi connectivity index (χ0n) is 12.7. The maximum atomic E-state index is 12.8. The fourth-order valence-corrected chi connectivity index (χ4v) is 2.76. The SMILES string of the molecule is COC(=O)c1coc(C(=O)N2CCCCCC2c2ncon2)c1. The molecule has 0 bridgehead atoms. The zero-order valence-corrected chi connectivity index (χ0v) is 12.7. The fourth-order valence-electron chi connectivity index (χ4n) is 2.76. The Hall–Kier alpha value is -2.64. The minimum absolute atomic E-state index is 0.0980. The van der Waals surface area contributed by atoms with Crippen molar-refractivity contribution in [2.45, 2.75) is 31.7 Å². The Morgan fingerprint density at radius 3 is 2.96 bits per heavy atom. The first-order valence-corrected chi connectivity index (χ1v) is 7.45. The van der Waals surface area contributed by atoms with Crippen LogP contribution in [0.4, 0.5) is 0 Å². The van der Waals surface area contributed by atoms with Crippen LogP contribution < -0.4 is 0 Å². The molecule has 2 aromatic rings. The molecule has 0 saturated carbocycles. The summed E-state index contributed by atoms with van der Waals surface area (Å²) in [4.78, 5) is 30.0. The Balaban J connectivity index is 1.85. The standard InChI is InChI=1S/C15H17N3O5/c1-21-15(20)10-7-12(22-8-10)14(19)18-6-4-2-3-5-11(18)13-16-9-23-17-13/h7-9,11H,2-6H2,1H3. The quantitative estimate of drug-likeness (QED) is 0.800. The molecule has 2 aromatic heterocycles. The molecule has 8 nitrogen and oxygen atoms in total. The second-order valence-electron chi connectivity index (χ2n) is 5.34. The molecule has 1 unspecified atom stereocenters. The van der Waals surface area contributed by atoms with Crippen LogP contribution in [0.3, 0.4) is 0 Å². The number of amides is 1. The molecule has 0 N–H and O–H groups in total. The van der Waals surface area contributed by atoms with Crippen molar-refractivity contribution in [3.05, 3.63) is 35.9 Å². The summed E-state index contributed by atoms with van der Waals surface area (Å²) in [6.07, 6.45) is 6.14. The maximum absolute atomic E-state index is 12.8. The average molecular weight is 319 g/mol. The van der Waals surface area contributed by atoms with E-state index in [0.717, 1.165) is 25.7 Å². The third-order valence-corrected chi connectivity index (χ3v) is 3.92. The zero-order chi connectivity index (χ0) is 16.2. The first kappa shape index (κ1) is 15.3. The minimum Gasteiger partial charge on any atom is -0.465 e. The van der Waals surface area contributed by atoms with E-state index in [2.05, 4.69) is 14.9 Å². The van der Waals surface area contributed by atoms with Gasteiger partial charge in [0.25, 0.3) is 5.91 Å².